The van der Waals surface area contributed by atoms with E-state index in [1.807, 2.05) is 11.8 Å². The van der Waals surface area contributed by atoms with Gasteiger partial charge >= 0.3 is 0 Å². The van der Waals surface area contributed by atoms with Crippen LogP contribution in [0.25, 0.3) is 0 Å². The van der Waals surface area contributed by atoms with Crippen molar-refractivity contribution in [3.8, 4) is 11.5 Å². The fourth-order valence-corrected chi connectivity index (χ4v) is 3.20. The van der Waals surface area contributed by atoms with Crippen LogP contribution in [0.3, 0.4) is 0 Å². The summed E-state index contributed by atoms with van der Waals surface area (Å²) in [6, 6.07) is 5.31. The zero-order chi connectivity index (χ0) is 16.9. The number of carbonyl (C=O) groups is 2. The molecule has 3 rings (SSSR count). The van der Waals surface area contributed by atoms with E-state index in [0.29, 0.717) is 42.5 Å². The molecule has 1 atom stereocenters. The third kappa shape index (κ3) is 3.80. The highest BCUT2D eigenvalue weighted by Gasteiger charge is 2.26. The van der Waals surface area contributed by atoms with Gasteiger partial charge in [0.15, 0.2) is 11.5 Å². The second kappa shape index (κ2) is 7.55. The zero-order valence-corrected chi connectivity index (χ0v) is 14.0. The Morgan fingerprint density at radius 1 is 1.29 bits per heavy atom. The van der Waals surface area contributed by atoms with Crippen LogP contribution < -0.4 is 14.8 Å². The van der Waals surface area contributed by atoms with E-state index < -0.39 is 0 Å². The van der Waals surface area contributed by atoms with Crippen LogP contribution in [-0.2, 0) is 4.79 Å². The van der Waals surface area contributed by atoms with Crippen LogP contribution >= 0.6 is 0 Å². The lowest BCUT2D eigenvalue weighted by Gasteiger charge is -2.33. The molecule has 1 N–H and O–H groups in total. The Balaban J connectivity index is 1.58. The first kappa shape index (κ1) is 16.6. The fraction of sp³-hybridized carbons (Fsp3) is 0.556. The third-order valence-electron chi connectivity index (χ3n) is 4.49. The minimum Gasteiger partial charge on any atom is -0.454 e. The highest BCUT2D eigenvalue weighted by Crippen LogP contribution is 2.33. The van der Waals surface area contributed by atoms with Crippen LogP contribution in [0.4, 0.5) is 0 Å². The summed E-state index contributed by atoms with van der Waals surface area (Å²) in [4.78, 5) is 26.2. The Morgan fingerprint density at radius 2 is 2.12 bits per heavy atom. The Kier molecular flexibility index (Phi) is 5.23. The average molecular weight is 332 g/mol. The van der Waals surface area contributed by atoms with Crippen molar-refractivity contribution >= 4 is 11.8 Å². The van der Waals surface area contributed by atoms with Crippen LogP contribution in [0.15, 0.2) is 18.2 Å². The monoisotopic (exact) mass is 332 g/mol. The predicted molar refractivity (Wildman–Crippen MR) is 89.1 cm³/mol. The molecule has 0 saturated carbocycles. The SMILES string of the molecule is CCCC(=O)NC[C@H]1CCCN(C(=O)c2ccc3c(c2)OCO3)C1. The van der Waals surface area contributed by atoms with Gasteiger partial charge < -0.3 is 19.7 Å². The standard InChI is InChI=1S/C18H24N2O4/c1-2-4-17(21)19-10-13-5-3-8-20(11-13)18(22)14-6-7-15-16(9-14)24-12-23-15/h6-7,9,13H,2-5,8,10-12H2,1H3,(H,19,21)/t13-/m1/s1. The van der Waals surface area contributed by atoms with Gasteiger partial charge in [0, 0.05) is 31.6 Å². The number of rotatable bonds is 5. The molecule has 0 unspecified atom stereocenters. The van der Waals surface area contributed by atoms with E-state index in [0.717, 1.165) is 25.8 Å². The van der Waals surface area contributed by atoms with E-state index in [1.165, 1.54) is 0 Å². The summed E-state index contributed by atoms with van der Waals surface area (Å²) >= 11 is 0. The molecule has 6 nitrogen and oxygen atoms in total. The van der Waals surface area contributed by atoms with Gasteiger partial charge in [0.1, 0.15) is 0 Å². The number of hydrogen-bond donors (Lipinski definition) is 1. The molecule has 0 aliphatic carbocycles. The van der Waals surface area contributed by atoms with Crippen LogP contribution in [0.5, 0.6) is 11.5 Å². The molecule has 1 saturated heterocycles. The number of carbonyl (C=O) groups excluding carboxylic acids is 2. The first-order valence-corrected chi connectivity index (χ1v) is 8.63. The molecular formula is C18H24N2O4. The van der Waals surface area contributed by atoms with Crippen molar-refractivity contribution in [3.63, 3.8) is 0 Å². The maximum atomic E-state index is 12.7. The Hall–Kier alpha value is -2.24. The molecule has 0 bridgehead atoms. The lowest BCUT2D eigenvalue weighted by atomic mass is 9.97. The predicted octanol–water partition coefficient (Wildman–Crippen LogP) is 2.18. The number of likely N-dealkylation sites (tertiary alicyclic amines) is 1. The normalized spacial score (nSPS) is 19.2. The van der Waals surface area contributed by atoms with Gasteiger partial charge in [0.05, 0.1) is 0 Å². The highest BCUT2D eigenvalue weighted by molar-refractivity contribution is 5.95. The van der Waals surface area contributed by atoms with E-state index in [2.05, 4.69) is 5.32 Å². The quantitative estimate of drug-likeness (QED) is 0.897. The van der Waals surface area contributed by atoms with Gasteiger partial charge in [-0.05, 0) is 43.4 Å². The van der Waals surface area contributed by atoms with E-state index in [9.17, 15) is 9.59 Å². The van der Waals surface area contributed by atoms with Crippen LogP contribution in [-0.4, -0.2) is 43.1 Å². The molecule has 6 heteroatoms. The molecule has 0 radical (unpaired) electrons. The molecule has 2 aliphatic rings. The van der Waals surface area contributed by atoms with Gasteiger partial charge in [-0.2, -0.15) is 0 Å². The molecule has 130 valence electrons. The number of nitrogens with zero attached hydrogens (tertiary/aromatic N) is 1. The lowest BCUT2D eigenvalue weighted by Crippen LogP contribution is -2.43. The number of nitrogens with one attached hydrogen (secondary N) is 1. The van der Waals surface area contributed by atoms with Crippen LogP contribution in [0, 0.1) is 5.92 Å². The number of benzene rings is 1. The average Bonchev–Trinajstić information content (AvgIpc) is 3.07. The van der Waals surface area contributed by atoms with Crippen molar-refractivity contribution < 1.29 is 19.1 Å². The maximum Gasteiger partial charge on any atom is 0.254 e. The van der Waals surface area contributed by atoms with E-state index in [-0.39, 0.29) is 18.6 Å². The van der Waals surface area contributed by atoms with Crippen LogP contribution in [0.2, 0.25) is 0 Å². The Morgan fingerprint density at radius 3 is 2.96 bits per heavy atom. The van der Waals surface area contributed by atoms with E-state index in [1.54, 1.807) is 18.2 Å². The van der Waals surface area contributed by atoms with Crippen molar-refractivity contribution in [3.05, 3.63) is 23.8 Å². The van der Waals surface area contributed by atoms with Gasteiger partial charge in [-0.25, -0.2) is 0 Å². The first-order valence-electron chi connectivity index (χ1n) is 8.63. The van der Waals surface area contributed by atoms with Gasteiger partial charge in [-0.15, -0.1) is 0 Å². The maximum absolute atomic E-state index is 12.7. The number of piperidine rings is 1. The second-order valence-electron chi connectivity index (χ2n) is 6.38. The third-order valence-corrected chi connectivity index (χ3v) is 4.49. The molecule has 2 heterocycles. The fourth-order valence-electron chi connectivity index (χ4n) is 3.20. The molecule has 2 amide bonds. The first-order chi connectivity index (χ1) is 11.7. The molecule has 24 heavy (non-hydrogen) atoms. The van der Waals surface area contributed by atoms with Gasteiger partial charge in [0.2, 0.25) is 12.7 Å². The Labute approximate surface area is 142 Å². The minimum absolute atomic E-state index is 0.0119. The summed E-state index contributed by atoms with van der Waals surface area (Å²) in [5.74, 6) is 1.73. The topological polar surface area (TPSA) is 67.9 Å². The molecule has 0 spiro atoms. The number of ether oxygens (including phenoxy) is 2. The van der Waals surface area contributed by atoms with Gasteiger partial charge in [-0.1, -0.05) is 6.92 Å². The van der Waals surface area contributed by atoms with Crippen molar-refractivity contribution in [2.75, 3.05) is 26.4 Å². The summed E-state index contributed by atoms with van der Waals surface area (Å²) in [5, 5.41) is 2.97. The molecule has 1 aromatic rings. The van der Waals surface area contributed by atoms with E-state index >= 15 is 0 Å². The smallest absolute Gasteiger partial charge is 0.254 e. The molecule has 0 aromatic heterocycles. The number of hydrogen-bond acceptors (Lipinski definition) is 4. The molecule has 1 fully saturated rings. The highest BCUT2D eigenvalue weighted by atomic mass is 16.7. The summed E-state index contributed by atoms with van der Waals surface area (Å²) in [5.41, 5.74) is 0.620. The van der Waals surface area contributed by atoms with Crippen molar-refractivity contribution in [1.82, 2.24) is 10.2 Å². The minimum atomic E-state index is 0.0119. The van der Waals surface area contributed by atoms with Crippen molar-refractivity contribution in [2.45, 2.75) is 32.6 Å². The van der Waals surface area contributed by atoms with Crippen LogP contribution in [0.1, 0.15) is 43.0 Å². The second-order valence-corrected chi connectivity index (χ2v) is 6.38. The summed E-state index contributed by atoms with van der Waals surface area (Å²) in [6.07, 6.45) is 3.42. The lowest BCUT2D eigenvalue weighted by molar-refractivity contribution is -0.121. The van der Waals surface area contributed by atoms with Crippen molar-refractivity contribution in [1.29, 1.82) is 0 Å². The molecule has 2 aliphatic heterocycles. The van der Waals surface area contributed by atoms with Gasteiger partial charge in [-0.3, -0.25) is 9.59 Å². The summed E-state index contributed by atoms with van der Waals surface area (Å²) < 4.78 is 10.6. The summed E-state index contributed by atoms with van der Waals surface area (Å²) in [7, 11) is 0. The molecular weight excluding hydrogens is 308 g/mol. The van der Waals surface area contributed by atoms with Gasteiger partial charge in [0.25, 0.3) is 5.91 Å². The largest absolute Gasteiger partial charge is 0.454 e. The zero-order valence-electron chi connectivity index (χ0n) is 14.0. The van der Waals surface area contributed by atoms with E-state index in [4.69, 9.17) is 9.47 Å². The number of amides is 2. The number of fused-ring (bicyclic) bond motifs is 1. The summed E-state index contributed by atoms with van der Waals surface area (Å²) in [6.45, 7) is 4.28. The molecule has 1 aromatic carbocycles. The Bertz CT molecular complexity index is 617. The van der Waals surface area contributed by atoms with Crippen molar-refractivity contribution in [2.24, 2.45) is 5.92 Å².